The molecule has 1 unspecified atom stereocenters. The molecule has 0 aliphatic heterocycles. The number of rotatable bonds is 5. The zero-order valence-electron chi connectivity index (χ0n) is 10.4. The highest BCUT2D eigenvalue weighted by atomic mass is 16.6. The molecule has 0 fully saturated rings. The normalized spacial score (nSPS) is 11.8. The molecule has 1 amide bonds. The van der Waals surface area contributed by atoms with Gasteiger partial charge in [-0.1, -0.05) is 0 Å². The number of carbonyl (C=O) groups excluding carboxylic acids is 1. The van der Waals surface area contributed by atoms with E-state index in [1.54, 1.807) is 6.92 Å². The molecule has 104 valence electrons. The number of hydrogen-bond acceptors (Lipinski definition) is 7. The van der Waals surface area contributed by atoms with Crippen molar-refractivity contribution in [1.82, 2.24) is 20.2 Å². The highest BCUT2D eigenvalue weighted by molar-refractivity contribution is 5.98. The lowest BCUT2D eigenvalue weighted by atomic mass is 10.2. The predicted octanol–water partition coefficient (Wildman–Crippen LogP) is 0.380. The van der Waals surface area contributed by atoms with Crippen LogP contribution in [0.1, 0.15) is 29.1 Å². The molecule has 0 radical (unpaired) electrons. The highest BCUT2D eigenvalue weighted by Gasteiger charge is 2.18. The largest absolute Gasteiger partial charge is 0.365 e. The predicted molar refractivity (Wildman–Crippen MR) is 67.8 cm³/mol. The summed E-state index contributed by atoms with van der Waals surface area (Å²) in [6, 6.07) is 0.745. The minimum atomic E-state index is -0.812. The summed E-state index contributed by atoms with van der Waals surface area (Å²) in [7, 11) is 0. The van der Waals surface area contributed by atoms with Gasteiger partial charge in [0, 0.05) is 6.07 Å². The van der Waals surface area contributed by atoms with Crippen LogP contribution in [-0.4, -0.2) is 31.0 Å². The van der Waals surface area contributed by atoms with Gasteiger partial charge in [-0.25, -0.2) is 9.97 Å². The monoisotopic (exact) mass is 277 g/mol. The van der Waals surface area contributed by atoms with E-state index in [0.717, 1.165) is 12.3 Å². The molecule has 2 rings (SSSR count). The fourth-order valence-electron chi connectivity index (χ4n) is 1.55. The average Bonchev–Trinajstić information content (AvgIpc) is 2.92. The maximum Gasteiger partial charge on any atom is 0.288 e. The van der Waals surface area contributed by atoms with Gasteiger partial charge in [0.1, 0.15) is 24.2 Å². The van der Waals surface area contributed by atoms with Crippen molar-refractivity contribution in [2.45, 2.75) is 13.0 Å². The van der Waals surface area contributed by atoms with Gasteiger partial charge in [-0.3, -0.25) is 20.0 Å². The quantitative estimate of drug-likeness (QED) is 0.527. The van der Waals surface area contributed by atoms with Gasteiger partial charge in [-0.15, -0.1) is 0 Å². The van der Waals surface area contributed by atoms with Crippen molar-refractivity contribution in [3.8, 4) is 0 Å². The van der Waals surface area contributed by atoms with Gasteiger partial charge >= 0.3 is 0 Å². The molecule has 0 spiro atoms. The van der Waals surface area contributed by atoms with E-state index in [-0.39, 0.29) is 23.1 Å². The van der Waals surface area contributed by atoms with Crippen LogP contribution in [-0.2, 0) is 0 Å². The van der Waals surface area contributed by atoms with Crippen molar-refractivity contribution < 1.29 is 9.72 Å². The third-order valence-electron chi connectivity index (χ3n) is 2.55. The minimum Gasteiger partial charge on any atom is -0.365 e. The number of amides is 1. The lowest BCUT2D eigenvalue weighted by Crippen LogP contribution is -2.18. The number of pyridine rings is 1. The van der Waals surface area contributed by atoms with Gasteiger partial charge in [0.2, 0.25) is 0 Å². The number of hydrogen-bond donors (Lipinski definition) is 3. The summed E-state index contributed by atoms with van der Waals surface area (Å²) < 4.78 is 0. The molecular formula is C10H11N7O3. The van der Waals surface area contributed by atoms with Crippen LogP contribution < -0.4 is 11.1 Å². The molecule has 0 bridgehead atoms. The minimum absolute atomic E-state index is 0.0643. The van der Waals surface area contributed by atoms with Crippen molar-refractivity contribution in [2.24, 2.45) is 5.73 Å². The van der Waals surface area contributed by atoms with Crippen molar-refractivity contribution >= 4 is 17.4 Å². The van der Waals surface area contributed by atoms with E-state index in [1.165, 1.54) is 6.33 Å². The number of nitrogens with one attached hydrogen (secondary N) is 2. The third kappa shape index (κ3) is 2.68. The van der Waals surface area contributed by atoms with E-state index in [4.69, 9.17) is 5.73 Å². The summed E-state index contributed by atoms with van der Waals surface area (Å²) in [6.45, 7) is 1.76. The Balaban J connectivity index is 2.31. The Morgan fingerprint density at radius 3 is 2.85 bits per heavy atom. The zero-order valence-corrected chi connectivity index (χ0v) is 10.4. The van der Waals surface area contributed by atoms with Crippen LogP contribution in [0.25, 0.3) is 0 Å². The molecule has 2 heterocycles. The van der Waals surface area contributed by atoms with E-state index < -0.39 is 10.8 Å². The van der Waals surface area contributed by atoms with Crippen LogP contribution in [0.15, 0.2) is 18.6 Å². The van der Waals surface area contributed by atoms with Crippen molar-refractivity contribution in [1.29, 1.82) is 0 Å². The molecule has 0 aliphatic carbocycles. The maximum atomic E-state index is 11.3. The van der Waals surface area contributed by atoms with Crippen LogP contribution in [0.4, 0.5) is 11.5 Å². The Morgan fingerprint density at radius 2 is 2.30 bits per heavy atom. The fraction of sp³-hybridized carbons (Fsp3) is 0.200. The summed E-state index contributed by atoms with van der Waals surface area (Å²) in [6.07, 6.45) is 2.38. The van der Waals surface area contributed by atoms with Crippen LogP contribution in [0.5, 0.6) is 0 Å². The Hall–Kier alpha value is -3.04. The molecule has 0 saturated carbocycles. The van der Waals surface area contributed by atoms with Crippen LogP contribution in [0.2, 0.25) is 0 Å². The van der Waals surface area contributed by atoms with Gasteiger partial charge < -0.3 is 11.1 Å². The average molecular weight is 277 g/mol. The maximum absolute atomic E-state index is 11.3. The fourth-order valence-corrected chi connectivity index (χ4v) is 1.55. The van der Waals surface area contributed by atoms with Crippen LogP contribution in [0, 0.1) is 10.1 Å². The first-order valence-corrected chi connectivity index (χ1v) is 5.55. The standard InChI is InChI=1S/C10H11N7O3/c1-5(9-13-4-14-16-9)15-10-7(8(11)18)2-6(3-12-10)17(19)20/h2-5H,1H3,(H2,11,18)(H,12,15)(H,13,14,16). The van der Waals surface area contributed by atoms with Gasteiger partial charge in [0.05, 0.1) is 16.5 Å². The molecule has 0 aliphatic rings. The second kappa shape index (κ2) is 5.30. The number of anilines is 1. The topological polar surface area (TPSA) is 153 Å². The summed E-state index contributed by atoms with van der Waals surface area (Å²) in [5.74, 6) is -0.138. The molecule has 0 saturated heterocycles. The van der Waals surface area contributed by atoms with E-state index in [0.29, 0.717) is 5.82 Å². The number of primary amides is 1. The van der Waals surface area contributed by atoms with E-state index >= 15 is 0 Å². The summed E-state index contributed by atoms with van der Waals surface area (Å²) in [5.41, 5.74) is 4.83. The Morgan fingerprint density at radius 1 is 1.55 bits per heavy atom. The zero-order chi connectivity index (χ0) is 14.7. The second-order valence-corrected chi connectivity index (χ2v) is 3.95. The van der Waals surface area contributed by atoms with Gasteiger partial charge in [0.25, 0.3) is 11.6 Å². The van der Waals surface area contributed by atoms with Gasteiger partial charge in [-0.2, -0.15) is 5.10 Å². The van der Waals surface area contributed by atoms with E-state index in [2.05, 4.69) is 25.5 Å². The van der Waals surface area contributed by atoms with Crippen molar-refractivity contribution in [3.05, 3.63) is 40.1 Å². The number of aromatic amines is 1. The number of aromatic nitrogens is 4. The Labute approximate surface area is 112 Å². The van der Waals surface area contributed by atoms with Gasteiger partial charge in [0.15, 0.2) is 0 Å². The van der Waals surface area contributed by atoms with Crippen molar-refractivity contribution in [3.63, 3.8) is 0 Å². The number of H-pyrrole nitrogens is 1. The summed E-state index contributed by atoms with van der Waals surface area (Å²) in [5, 5.41) is 19.9. The van der Waals surface area contributed by atoms with Crippen LogP contribution >= 0.6 is 0 Å². The first-order chi connectivity index (χ1) is 9.49. The number of carbonyl (C=O) groups is 1. The SMILES string of the molecule is CC(Nc1ncc([N+](=O)[O-])cc1C(N)=O)c1ncn[nH]1. The molecule has 2 aromatic heterocycles. The number of nitrogens with zero attached hydrogens (tertiary/aromatic N) is 4. The molecule has 0 aromatic carbocycles. The molecule has 20 heavy (non-hydrogen) atoms. The van der Waals surface area contributed by atoms with Gasteiger partial charge in [-0.05, 0) is 6.92 Å². The lowest BCUT2D eigenvalue weighted by Gasteiger charge is -2.13. The molecule has 1 atom stereocenters. The summed E-state index contributed by atoms with van der Waals surface area (Å²) in [4.78, 5) is 29.2. The molecule has 2 aromatic rings. The van der Waals surface area contributed by atoms with E-state index in [1.807, 2.05) is 0 Å². The third-order valence-corrected chi connectivity index (χ3v) is 2.55. The smallest absolute Gasteiger partial charge is 0.288 e. The first kappa shape index (κ1) is 13.4. The van der Waals surface area contributed by atoms with Crippen LogP contribution in [0.3, 0.4) is 0 Å². The molecular weight excluding hydrogens is 266 g/mol. The Bertz CT molecular complexity index is 640. The lowest BCUT2D eigenvalue weighted by molar-refractivity contribution is -0.385. The van der Waals surface area contributed by atoms with E-state index in [9.17, 15) is 14.9 Å². The van der Waals surface area contributed by atoms with Crippen molar-refractivity contribution in [2.75, 3.05) is 5.32 Å². The molecule has 10 nitrogen and oxygen atoms in total. The molecule has 10 heteroatoms. The second-order valence-electron chi connectivity index (χ2n) is 3.95. The first-order valence-electron chi connectivity index (χ1n) is 5.55. The Kier molecular flexibility index (Phi) is 3.55. The number of nitro groups is 1. The number of nitrogens with two attached hydrogens (primary N) is 1. The summed E-state index contributed by atoms with van der Waals surface area (Å²) >= 11 is 0. The molecule has 4 N–H and O–H groups in total. The highest BCUT2D eigenvalue weighted by Crippen LogP contribution is 2.22.